The molecule has 0 atom stereocenters. The van der Waals surface area contributed by atoms with Gasteiger partial charge in [0.2, 0.25) is 0 Å². The van der Waals surface area contributed by atoms with Crippen LogP contribution < -0.4 is 26.5 Å². The average Bonchev–Trinajstić information content (AvgIpc) is 2.87. The highest BCUT2D eigenvalue weighted by Gasteiger charge is 2.19. The van der Waals surface area contributed by atoms with E-state index in [1.807, 2.05) is 0 Å². The van der Waals surface area contributed by atoms with E-state index >= 15 is 0 Å². The highest BCUT2D eigenvalue weighted by Crippen LogP contribution is 2.20. The molecule has 10 heteroatoms. The number of pyridine rings is 3. The van der Waals surface area contributed by atoms with Gasteiger partial charge in [0.05, 0.1) is 16.8 Å². The Bertz CT molecular complexity index is 1220. The summed E-state index contributed by atoms with van der Waals surface area (Å²) in [6, 6.07) is 10.3. The first-order chi connectivity index (χ1) is 17.0. The molecule has 0 radical (unpaired) electrons. The lowest BCUT2D eigenvalue weighted by Crippen LogP contribution is -2.37. The lowest BCUT2D eigenvalue weighted by Gasteiger charge is -2.28. The Kier molecular flexibility index (Phi) is 8.57. The lowest BCUT2D eigenvalue weighted by atomic mass is 9.93. The highest BCUT2D eigenvalue weighted by molar-refractivity contribution is 6.30. The molecule has 9 nitrogen and oxygen atoms in total. The molecule has 0 unspecified atom stereocenters. The van der Waals surface area contributed by atoms with Crippen molar-refractivity contribution in [2.75, 3.05) is 25.5 Å². The normalized spacial score (nSPS) is 17.8. The van der Waals surface area contributed by atoms with E-state index < -0.39 is 0 Å². The molecule has 0 spiro atoms. The van der Waals surface area contributed by atoms with E-state index in [2.05, 4.69) is 20.6 Å². The van der Waals surface area contributed by atoms with Crippen molar-refractivity contribution < 1.29 is 9.47 Å². The van der Waals surface area contributed by atoms with Crippen molar-refractivity contribution in [3.05, 3.63) is 80.2 Å². The number of aromatic nitrogens is 3. The van der Waals surface area contributed by atoms with Gasteiger partial charge in [0.15, 0.2) is 0 Å². The first-order valence-corrected chi connectivity index (χ1v) is 12.1. The zero-order valence-electron chi connectivity index (χ0n) is 19.6. The van der Waals surface area contributed by atoms with Crippen LogP contribution in [0.5, 0.6) is 5.75 Å². The van der Waals surface area contributed by atoms with E-state index in [4.69, 9.17) is 21.1 Å². The quantitative estimate of drug-likeness (QED) is 0.367. The van der Waals surface area contributed by atoms with Gasteiger partial charge in [0.1, 0.15) is 23.9 Å². The number of anilines is 1. The predicted molar refractivity (Wildman–Crippen MR) is 136 cm³/mol. The van der Waals surface area contributed by atoms with E-state index in [0.717, 1.165) is 32.2 Å². The number of hydrogen-bond donors (Lipinski definition) is 3. The summed E-state index contributed by atoms with van der Waals surface area (Å²) >= 11 is 5.83. The van der Waals surface area contributed by atoms with Crippen LogP contribution in [-0.4, -0.2) is 46.9 Å². The third-order valence-corrected chi connectivity index (χ3v) is 6.32. The molecule has 35 heavy (non-hydrogen) atoms. The minimum Gasteiger partial charge on any atom is -0.487 e. The van der Waals surface area contributed by atoms with Crippen molar-refractivity contribution in [3.63, 3.8) is 0 Å². The summed E-state index contributed by atoms with van der Waals surface area (Å²) in [5, 5.41) is 7.31. The summed E-state index contributed by atoms with van der Waals surface area (Å²) in [6.07, 6.45) is 7.84. The van der Waals surface area contributed by atoms with Gasteiger partial charge in [-0.25, -0.2) is 0 Å². The molecule has 3 N–H and O–H groups in total. The fourth-order valence-corrected chi connectivity index (χ4v) is 4.25. The summed E-state index contributed by atoms with van der Waals surface area (Å²) in [5.41, 5.74) is 0.193. The van der Waals surface area contributed by atoms with Gasteiger partial charge in [0, 0.05) is 44.7 Å². The summed E-state index contributed by atoms with van der Waals surface area (Å²) < 4.78 is 12.3. The van der Waals surface area contributed by atoms with Gasteiger partial charge in [-0.15, -0.1) is 0 Å². The second-order valence-corrected chi connectivity index (χ2v) is 8.94. The fourth-order valence-electron chi connectivity index (χ4n) is 4.13. The Labute approximate surface area is 208 Å². The number of ether oxygens (including phenoxy) is 2. The van der Waals surface area contributed by atoms with Crippen molar-refractivity contribution in [3.8, 4) is 11.4 Å². The molecule has 1 aliphatic carbocycles. The van der Waals surface area contributed by atoms with Crippen molar-refractivity contribution in [2.24, 2.45) is 0 Å². The van der Waals surface area contributed by atoms with E-state index in [0.29, 0.717) is 41.0 Å². The van der Waals surface area contributed by atoms with E-state index in [1.54, 1.807) is 37.4 Å². The molecule has 0 saturated heterocycles. The first kappa shape index (κ1) is 25.0. The zero-order chi connectivity index (χ0) is 24.6. The van der Waals surface area contributed by atoms with Gasteiger partial charge >= 0.3 is 0 Å². The SMILES string of the molecule is COC1CCC(NCCNc2ccc(-n3ccc(OCc4ccc(Cl)cn4)cc3=O)c(=O)[nH]2)CC1. The molecule has 3 heterocycles. The molecule has 1 aliphatic rings. The minimum absolute atomic E-state index is 0.199. The largest absolute Gasteiger partial charge is 0.487 e. The summed E-state index contributed by atoms with van der Waals surface area (Å²) in [7, 11) is 1.77. The third-order valence-electron chi connectivity index (χ3n) is 6.10. The monoisotopic (exact) mass is 499 g/mol. The number of nitrogens with zero attached hydrogens (tertiary/aromatic N) is 2. The van der Waals surface area contributed by atoms with Crippen LogP contribution in [-0.2, 0) is 11.3 Å². The molecule has 3 aromatic heterocycles. The zero-order valence-corrected chi connectivity index (χ0v) is 20.4. The van der Waals surface area contributed by atoms with Crippen molar-refractivity contribution in [1.29, 1.82) is 0 Å². The highest BCUT2D eigenvalue weighted by atomic mass is 35.5. The first-order valence-electron chi connectivity index (χ1n) is 11.7. The second-order valence-electron chi connectivity index (χ2n) is 8.50. The van der Waals surface area contributed by atoms with E-state index in [9.17, 15) is 9.59 Å². The topological polar surface area (TPSA) is 110 Å². The average molecular weight is 500 g/mol. The molecule has 1 fully saturated rings. The third kappa shape index (κ3) is 6.94. The molecule has 1 saturated carbocycles. The number of hydrogen-bond acceptors (Lipinski definition) is 7. The number of H-pyrrole nitrogens is 1. The molecule has 3 aromatic rings. The summed E-state index contributed by atoms with van der Waals surface area (Å²) in [5.74, 6) is 0.994. The minimum atomic E-state index is -0.370. The molecule has 4 rings (SSSR count). The maximum absolute atomic E-state index is 12.6. The molecule has 0 amide bonds. The van der Waals surface area contributed by atoms with Crippen LogP contribution in [0.3, 0.4) is 0 Å². The van der Waals surface area contributed by atoms with Crippen LogP contribution in [0.15, 0.2) is 58.4 Å². The number of aromatic amines is 1. The van der Waals surface area contributed by atoms with Gasteiger partial charge in [-0.3, -0.25) is 19.1 Å². The van der Waals surface area contributed by atoms with Crippen LogP contribution in [0, 0.1) is 0 Å². The maximum atomic E-state index is 12.6. The van der Waals surface area contributed by atoms with Gasteiger partial charge < -0.3 is 25.1 Å². The predicted octanol–water partition coefficient (Wildman–Crippen LogP) is 3.11. The lowest BCUT2D eigenvalue weighted by molar-refractivity contribution is 0.0627. The van der Waals surface area contributed by atoms with Crippen LogP contribution >= 0.6 is 11.6 Å². The van der Waals surface area contributed by atoms with Crippen molar-refractivity contribution in [1.82, 2.24) is 19.9 Å². The Hall–Kier alpha value is -3.14. The summed E-state index contributed by atoms with van der Waals surface area (Å²) in [6.45, 7) is 1.66. The molecule has 0 bridgehead atoms. The van der Waals surface area contributed by atoms with Crippen LogP contribution in [0.25, 0.3) is 5.69 Å². The summed E-state index contributed by atoms with van der Waals surface area (Å²) in [4.78, 5) is 32.2. The molecule has 0 aromatic carbocycles. The molecular formula is C25H30ClN5O4. The number of halogens is 1. The van der Waals surface area contributed by atoms with Gasteiger partial charge in [-0.1, -0.05) is 11.6 Å². The Morgan fingerprint density at radius 3 is 2.63 bits per heavy atom. The van der Waals surface area contributed by atoms with E-state index in [1.165, 1.54) is 23.0 Å². The number of rotatable bonds is 10. The number of methoxy groups -OCH3 is 1. The van der Waals surface area contributed by atoms with Gasteiger partial charge in [0.25, 0.3) is 11.1 Å². The second kappa shape index (κ2) is 12.0. The Morgan fingerprint density at radius 2 is 1.94 bits per heavy atom. The molecule has 0 aliphatic heterocycles. The van der Waals surface area contributed by atoms with Crippen LogP contribution in [0.4, 0.5) is 5.82 Å². The Balaban J connectivity index is 1.29. The standard InChI is InChI=1S/C25H30ClN5O4/c1-34-20-6-4-18(5-7-20)27-11-12-28-23-9-8-22(25(33)30-23)31-13-10-21(14-24(31)32)35-16-19-3-2-17(26)15-29-19/h2-3,8-10,13-15,18,20,27H,4-7,11-12,16H2,1H3,(H2,28,30,33). The molecular weight excluding hydrogens is 470 g/mol. The van der Waals surface area contributed by atoms with Crippen molar-refractivity contribution in [2.45, 2.75) is 44.4 Å². The maximum Gasteiger partial charge on any atom is 0.273 e. The van der Waals surface area contributed by atoms with Crippen LogP contribution in [0.2, 0.25) is 5.02 Å². The van der Waals surface area contributed by atoms with E-state index in [-0.39, 0.29) is 23.4 Å². The van der Waals surface area contributed by atoms with Gasteiger partial charge in [-0.2, -0.15) is 0 Å². The Morgan fingerprint density at radius 1 is 1.11 bits per heavy atom. The molecule has 186 valence electrons. The van der Waals surface area contributed by atoms with Crippen molar-refractivity contribution >= 4 is 17.4 Å². The fraction of sp³-hybridized carbons (Fsp3) is 0.400. The van der Waals surface area contributed by atoms with Gasteiger partial charge in [-0.05, 0) is 56.0 Å². The van der Waals surface area contributed by atoms with Crippen LogP contribution in [0.1, 0.15) is 31.4 Å². The number of nitrogens with one attached hydrogen (secondary N) is 3. The smallest absolute Gasteiger partial charge is 0.273 e.